The van der Waals surface area contributed by atoms with Gasteiger partial charge >= 0.3 is 23.9 Å². The highest BCUT2D eigenvalue weighted by Crippen LogP contribution is 2.28. The summed E-state index contributed by atoms with van der Waals surface area (Å²) in [6.45, 7) is 4.56. The van der Waals surface area contributed by atoms with Crippen LogP contribution in [0.1, 0.15) is 27.7 Å². The number of thiocarbonyl (C=S) groups is 1. The smallest absolute Gasteiger partial charge is 0.303 e. The van der Waals surface area contributed by atoms with Crippen molar-refractivity contribution >= 4 is 63.9 Å². The summed E-state index contributed by atoms with van der Waals surface area (Å²) in [7, 11) is 0. The van der Waals surface area contributed by atoms with E-state index in [9.17, 15) is 24.0 Å². The molecule has 1 aromatic heterocycles. The second kappa shape index (κ2) is 16.3. The maximum absolute atomic E-state index is 13.4. The molecule has 0 unspecified atom stereocenters. The minimum Gasteiger partial charge on any atom is -0.463 e. The average Bonchev–Trinajstić information content (AvgIpc) is 3.01. The van der Waals surface area contributed by atoms with Crippen molar-refractivity contribution in [3.8, 4) is 5.69 Å². The number of esters is 4. The number of fused-ring (bicyclic) bond motifs is 1. The van der Waals surface area contributed by atoms with Crippen molar-refractivity contribution in [2.45, 2.75) is 63.5 Å². The van der Waals surface area contributed by atoms with Crippen molar-refractivity contribution in [2.24, 2.45) is 0 Å². The van der Waals surface area contributed by atoms with Crippen LogP contribution in [-0.2, 0) is 42.9 Å². The summed E-state index contributed by atoms with van der Waals surface area (Å²) in [6, 6.07) is 16.3. The molecule has 1 aliphatic heterocycles. The number of benzene rings is 2. The molecule has 4 rings (SSSR count). The van der Waals surface area contributed by atoms with E-state index in [0.717, 1.165) is 20.8 Å². The minimum atomic E-state index is -1.33. The lowest BCUT2D eigenvalue weighted by Gasteiger charge is -2.44. The number of thioether (sulfide) groups is 1. The van der Waals surface area contributed by atoms with Gasteiger partial charge in [-0.25, -0.2) is 4.98 Å². The SMILES string of the molecule is CC(=O)OC[C@H]1O[C@@H](NC(=S)NCCSc2nc3ccccc3c(=O)n2-c2ccccc2)[C@H](OC(C)=O)[C@@H](OC(C)=O)[C@@H]1OC(C)=O. The van der Waals surface area contributed by atoms with Gasteiger partial charge in [0.2, 0.25) is 0 Å². The second-order valence-corrected chi connectivity index (χ2v) is 11.7. The van der Waals surface area contributed by atoms with E-state index in [1.54, 1.807) is 22.8 Å². The number of aromatic nitrogens is 2. The van der Waals surface area contributed by atoms with Gasteiger partial charge in [0.1, 0.15) is 12.7 Å². The lowest BCUT2D eigenvalue weighted by Crippen LogP contribution is -2.66. The van der Waals surface area contributed by atoms with E-state index in [0.29, 0.717) is 34.0 Å². The van der Waals surface area contributed by atoms with Crippen LogP contribution in [0.3, 0.4) is 0 Å². The molecule has 16 heteroatoms. The van der Waals surface area contributed by atoms with Crippen LogP contribution in [0.4, 0.5) is 0 Å². The molecule has 3 aromatic rings. The van der Waals surface area contributed by atoms with Crippen LogP contribution in [0.2, 0.25) is 0 Å². The van der Waals surface area contributed by atoms with Gasteiger partial charge in [-0.15, -0.1) is 0 Å². The van der Waals surface area contributed by atoms with Gasteiger partial charge < -0.3 is 34.3 Å². The molecule has 47 heavy (non-hydrogen) atoms. The van der Waals surface area contributed by atoms with Crippen molar-refractivity contribution in [1.82, 2.24) is 20.2 Å². The fourth-order valence-electron chi connectivity index (χ4n) is 4.85. The van der Waals surface area contributed by atoms with Crippen LogP contribution >= 0.6 is 24.0 Å². The standard InChI is InChI=1S/C31H34N4O10S2/c1-17(36)41-16-24-25(42-18(2)37)26(43-19(3)38)27(44-20(4)39)28(45-24)34-30(46)32-14-15-47-31-33-23-13-9-8-12-22(23)29(40)35(31)21-10-6-5-7-11-21/h5-13,24-28H,14-16H2,1-4H3,(H2,32,34,46)/t24-,25-,26+,27-,28-/m1/s1. The van der Waals surface area contributed by atoms with Crippen molar-refractivity contribution in [2.75, 3.05) is 18.9 Å². The summed E-state index contributed by atoms with van der Waals surface area (Å²) in [6.07, 6.45) is -6.27. The molecule has 0 bridgehead atoms. The number of carbonyl (C=O) groups is 4. The third-order valence-corrected chi connectivity index (χ3v) is 7.84. The number of rotatable bonds is 11. The molecule has 0 radical (unpaired) electrons. The Morgan fingerprint density at radius 3 is 2.15 bits per heavy atom. The molecule has 1 aliphatic rings. The lowest BCUT2D eigenvalue weighted by molar-refractivity contribution is -0.254. The Kier molecular flexibility index (Phi) is 12.3. The summed E-state index contributed by atoms with van der Waals surface area (Å²) in [5, 5.41) is 7.00. The number of nitrogens with zero attached hydrogens (tertiary/aromatic N) is 2. The van der Waals surface area contributed by atoms with E-state index >= 15 is 0 Å². The first-order chi connectivity index (χ1) is 22.4. The van der Waals surface area contributed by atoms with Gasteiger partial charge in [-0.05, 0) is 36.5 Å². The zero-order valence-corrected chi connectivity index (χ0v) is 27.6. The maximum Gasteiger partial charge on any atom is 0.303 e. The van der Waals surface area contributed by atoms with Crippen LogP contribution in [0.25, 0.3) is 16.6 Å². The summed E-state index contributed by atoms with van der Waals surface area (Å²) in [4.78, 5) is 65.8. The van der Waals surface area contributed by atoms with Gasteiger partial charge in [0.25, 0.3) is 5.56 Å². The van der Waals surface area contributed by atoms with E-state index in [1.807, 2.05) is 36.4 Å². The molecule has 250 valence electrons. The Morgan fingerprint density at radius 1 is 0.872 bits per heavy atom. The van der Waals surface area contributed by atoms with Crippen LogP contribution in [0.15, 0.2) is 64.5 Å². The molecular formula is C31H34N4O10S2. The van der Waals surface area contributed by atoms with E-state index in [1.165, 1.54) is 18.7 Å². The van der Waals surface area contributed by atoms with Gasteiger partial charge in [-0.3, -0.25) is 28.5 Å². The molecule has 1 saturated heterocycles. The molecule has 14 nitrogen and oxygen atoms in total. The molecular weight excluding hydrogens is 652 g/mol. The Hall–Kier alpha value is -4.54. The Morgan fingerprint density at radius 2 is 1.49 bits per heavy atom. The largest absolute Gasteiger partial charge is 0.463 e. The number of ether oxygens (including phenoxy) is 5. The quantitative estimate of drug-likeness (QED) is 0.0749. The maximum atomic E-state index is 13.4. The van der Waals surface area contributed by atoms with Crippen LogP contribution < -0.4 is 16.2 Å². The zero-order valence-electron chi connectivity index (χ0n) is 26.0. The molecule has 2 heterocycles. The summed E-state index contributed by atoms with van der Waals surface area (Å²) >= 11 is 6.82. The van der Waals surface area contributed by atoms with Crippen LogP contribution in [-0.4, -0.2) is 88.1 Å². The number of hydrogen-bond donors (Lipinski definition) is 2. The molecule has 2 aromatic carbocycles. The summed E-state index contributed by atoms with van der Waals surface area (Å²) < 4.78 is 29.0. The van der Waals surface area contributed by atoms with E-state index in [4.69, 9.17) is 40.9 Å². The molecule has 0 aliphatic carbocycles. The predicted octanol–water partition coefficient (Wildman–Crippen LogP) is 2.02. The van der Waals surface area contributed by atoms with E-state index < -0.39 is 54.5 Å². The van der Waals surface area contributed by atoms with Gasteiger partial charge in [-0.1, -0.05) is 42.1 Å². The number of carbonyl (C=O) groups excluding carboxylic acids is 4. The predicted molar refractivity (Wildman–Crippen MR) is 174 cm³/mol. The Labute approximate surface area is 279 Å². The number of para-hydroxylation sites is 2. The van der Waals surface area contributed by atoms with Gasteiger partial charge in [0.05, 0.1) is 16.6 Å². The van der Waals surface area contributed by atoms with Crippen molar-refractivity contribution < 1.29 is 42.9 Å². The number of nitrogens with one attached hydrogen (secondary N) is 2. The monoisotopic (exact) mass is 686 g/mol. The molecule has 0 amide bonds. The first-order valence-electron chi connectivity index (χ1n) is 14.5. The highest BCUT2D eigenvalue weighted by molar-refractivity contribution is 7.99. The zero-order chi connectivity index (χ0) is 34.1. The second-order valence-electron chi connectivity index (χ2n) is 10.3. The average molecular weight is 687 g/mol. The Balaban J connectivity index is 1.49. The molecule has 2 N–H and O–H groups in total. The Bertz CT molecular complexity index is 1690. The third kappa shape index (κ3) is 9.49. The molecule has 5 atom stereocenters. The summed E-state index contributed by atoms with van der Waals surface area (Å²) in [5.41, 5.74) is 1.05. The van der Waals surface area contributed by atoms with E-state index in [-0.39, 0.29) is 17.3 Å². The normalized spacial score (nSPS) is 20.5. The minimum absolute atomic E-state index is 0.0819. The molecule has 0 saturated carbocycles. The van der Waals surface area contributed by atoms with E-state index in [2.05, 4.69) is 10.6 Å². The first-order valence-corrected chi connectivity index (χ1v) is 15.9. The van der Waals surface area contributed by atoms with Gasteiger partial charge in [0, 0.05) is 40.0 Å². The summed E-state index contributed by atoms with van der Waals surface area (Å²) in [5.74, 6) is -2.41. The van der Waals surface area contributed by atoms with Crippen molar-refractivity contribution in [3.05, 3.63) is 65.0 Å². The highest BCUT2D eigenvalue weighted by atomic mass is 32.2. The topological polar surface area (TPSA) is 173 Å². The molecule has 1 fully saturated rings. The van der Waals surface area contributed by atoms with Gasteiger partial charge in [-0.2, -0.15) is 0 Å². The van der Waals surface area contributed by atoms with Crippen molar-refractivity contribution in [3.63, 3.8) is 0 Å². The van der Waals surface area contributed by atoms with Crippen LogP contribution in [0, 0.1) is 0 Å². The number of hydrogen-bond acceptors (Lipinski definition) is 13. The van der Waals surface area contributed by atoms with Crippen LogP contribution in [0.5, 0.6) is 0 Å². The fraction of sp³-hybridized carbons (Fsp3) is 0.387. The third-order valence-electron chi connectivity index (χ3n) is 6.64. The highest BCUT2D eigenvalue weighted by Gasteiger charge is 2.52. The van der Waals surface area contributed by atoms with Gasteiger partial charge in [0.15, 0.2) is 34.8 Å². The first kappa shape index (κ1) is 35.3. The molecule has 0 spiro atoms. The van der Waals surface area contributed by atoms with Crippen molar-refractivity contribution in [1.29, 1.82) is 0 Å². The lowest BCUT2D eigenvalue weighted by atomic mass is 9.97. The fourth-order valence-corrected chi connectivity index (χ4v) is 5.93.